The fourth-order valence-corrected chi connectivity index (χ4v) is 7.38. The molecular weight excluding hydrogens is 837 g/mol. The van der Waals surface area contributed by atoms with Crippen molar-refractivity contribution in [2.45, 2.75) is 245 Å². The summed E-state index contributed by atoms with van der Waals surface area (Å²) in [5.41, 5.74) is 0. The molecule has 0 bridgehead atoms. The summed E-state index contributed by atoms with van der Waals surface area (Å²) in [4.78, 5) is 25.3. The molecule has 0 radical (unpaired) electrons. The molecular formula is C63H104O5. The normalized spacial score (nSPS) is 13.2. The Morgan fingerprint density at radius 1 is 0.324 bits per heavy atom. The molecule has 0 aromatic rings. The molecule has 0 aliphatic carbocycles. The van der Waals surface area contributed by atoms with Crippen LogP contribution in [-0.4, -0.2) is 37.9 Å². The van der Waals surface area contributed by atoms with Crippen LogP contribution in [0.15, 0.2) is 122 Å². The molecule has 0 aromatic heterocycles. The molecule has 0 aliphatic heterocycles. The molecule has 386 valence electrons. The second kappa shape index (κ2) is 57.6. The number of carbonyl (C=O) groups excluding carboxylic acids is 2. The highest BCUT2D eigenvalue weighted by Crippen LogP contribution is 2.15. The highest BCUT2D eigenvalue weighted by Gasteiger charge is 2.15. The third kappa shape index (κ3) is 54.9. The summed E-state index contributed by atoms with van der Waals surface area (Å²) in [6.07, 6.45) is 81.1. The fourth-order valence-electron chi connectivity index (χ4n) is 7.38. The Hall–Kier alpha value is -3.70. The van der Waals surface area contributed by atoms with Gasteiger partial charge in [0.2, 0.25) is 0 Å². The van der Waals surface area contributed by atoms with Crippen molar-refractivity contribution in [1.82, 2.24) is 0 Å². The molecule has 0 fully saturated rings. The minimum atomic E-state index is -0.448. The predicted octanol–water partition coefficient (Wildman–Crippen LogP) is 19.3. The number of esters is 2. The van der Waals surface area contributed by atoms with Crippen molar-refractivity contribution in [2.24, 2.45) is 0 Å². The molecule has 0 rings (SSSR count). The smallest absolute Gasteiger partial charge is 0.306 e. The van der Waals surface area contributed by atoms with Gasteiger partial charge in [0, 0.05) is 19.4 Å². The van der Waals surface area contributed by atoms with E-state index in [1.807, 2.05) is 6.08 Å². The van der Waals surface area contributed by atoms with Crippen molar-refractivity contribution in [3.8, 4) is 0 Å². The molecule has 1 atom stereocenters. The Morgan fingerprint density at radius 3 is 1.03 bits per heavy atom. The van der Waals surface area contributed by atoms with E-state index >= 15 is 0 Å². The van der Waals surface area contributed by atoms with Crippen molar-refractivity contribution in [1.29, 1.82) is 0 Å². The average Bonchev–Trinajstić information content (AvgIpc) is 3.34. The summed E-state index contributed by atoms with van der Waals surface area (Å²) in [5, 5.41) is 0. The Labute approximate surface area is 420 Å². The van der Waals surface area contributed by atoms with Gasteiger partial charge in [0.15, 0.2) is 0 Å². The van der Waals surface area contributed by atoms with E-state index in [-0.39, 0.29) is 25.2 Å². The molecule has 0 amide bonds. The molecule has 0 aromatic carbocycles. The number of carbonyl (C=O) groups is 2. The van der Waals surface area contributed by atoms with E-state index in [2.05, 4.69) is 136 Å². The summed E-state index contributed by atoms with van der Waals surface area (Å²) in [6.45, 7) is 7.40. The Kier molecular flexibility index (Phi) is 54.5. The molecule has 0 heterocycles. The molecule has 0 spiro atoms. The van der Waals surface area contributed by atoms with Gasteiger partial charge in [-0.15, -0.1) is 0 Å². The Morgan fingerprint density at radius 2 is 0.632 bits per heavy atom. The lowest BCUT2D eigenvalue weighted by Gasteiger charge is -2.18. The van der Waals surface area contributed by atoms with Crippen LogP contribution in [0.1, 0.15) is 239 Å². The van der Waals surface area contributed by atoms with Gasteiger partial charge < -0.3 is 14.2 Å². The molecule has 5 nitrogen and oxygen atoms in total. The maximum absolute atomic E-state index is 12.6. The number of ether oxygens (including phenoxy) is 3. The molecule has 0 saturated heterocycles. The fraction of sp³-hybridized carbons (Fsp3) is 0.651. The van der Waals surface area contributed by atoms with Gasteiger partial charge in [-0.25, -0.2) is 0 Å². The Balaban J connectivity index is 4.43. The van der Waals surface area contributed by atoms with Crippen LogP contribution < -0.4 is 0 Å². The van der Waals surface area contributed by atoms with Crippen molar-refractivity contribution in [3.05, 3.63) is 122 Å². The average molecular weight is 942 g/mol. The van der Waals surface area contributed by atoms with Crippen LogP contribution in [0.2, 0.25) is 0 Å². The van der Waals surface area contributed by atoms with Gasteiger partial charge >= 0.3 is 11.9 Å². The van der Waals surface area contributed by atoms with Crippen LogP contribution in [0.25, 0.3) is 0 Å². The number of hydrogen-bond donors (Lipinski definition) is 0. The third-order valence-corrected chi connectivity index (χ3v) is 11.5. The first-order chi connectivity index (χ1) is 33.6. The molecule has 68 heavy (non-hydrogen) atoms. The third-order valence-electron chi connectivity index (χ3n) is 11.5. The van der Waals surface area contributed by atoms with Crippen LogP contribution in [0, 0.1) is 0 Å². The maximum atomic E-state index is 12.6. The number of unbranched alkanes of at least 4 members (excludes halogenated alkanes) is 19. The predicted molar refractivity (Wildman–Crippen MR) is 297 cm³/mol. The van der Waals surface area contributed by atoms with Crippen LogP contribution in [0.3, 0.4) is 0 Å². The van der Waals surface area contributed by atoms with E-state index < -0.39 is 6.10 Å². The lowest BCUT2D eigenvalue weighted by atomic mass is 10.0. The molecule has 0 N–H and O–H groups in total. The SMILES string of the molecule is CC/C=C\C/C=C\C/C=C\C/C=C\C/C=C\C/C=C\CCC(=O)OC[C@H](COC(=O)CCCCCC/C=C\C/C=C\C/C=C\C/C=C\CC)OCCCCCCCCCCCCCCCCCC. The van der Waals surface area contributed by atoms with Gasteiger partial charge in [-0.3, -0.25) is 9.59 Å². The molecule has 0 aliphatic rings. The van der Waals surface area contributed by atoms with E-state index in [4.69, 9.17) is 14.2 Å². The zero-order chi connectivity index (χ0) is 49.2. The zero-order valence-electron chi connectivity index (χ0n) is 44.3. The lowest BCUT2D eigenvalue weighted by molar-refractivity contribution is -0.155. The summed E-state index contributed by atoms with van der Waals surface area (Å²) in [5.74, 6) is -0.457. The summed E-state index contributed by atoms with van der Waals surface area (Å²) < 4.78 is 17.4. The van der Waals surface area contributed by atoms with E-state index in [9.17, 15) is 9.59 Å². The van der Waals surface area contributed by atoms with Crippen molar-refractivity contribution >= 4 is 11.9 Å². The van der Waals surface area contributed by atoms with Crippen LogP contribution in [0.4, 0.5) is 0 Å². The van der Waals surface area contributed by atoms with E-state index in [1.165, 1.54) is 89.9 Å². The van der Waals surface area contributed by atoms with Gasteiger partial charge in [-0.1, -0.05) is 251 Å². The minimum absolute atomic E-state index is 0.103. The number of rotatable bonds is 50. The minimum Gasteiger partial charge on any atom is -0.463 e. The van der Waals surface area contributed by atoms with Crippen LogP contribution >= 0.6 is 0 Å². The highest BCUT2D eigenvalue weighted by atomic mass is 16.6. The first-order valence-corrected chi connectivity index (χ1v) is 28.1. The first kappa shape index (κ1) is 64.3. The first-order valence-electron chi connectivity index (χ1n) is 28.1. The second-order valence-electron chi connectivity index (χ2n) is 18.1. The number of allylic oxidation sites excluding steroid dienone is 20. The van der Waals surface area contributed by atoms with Gasteiger partial charge in [-0.05, 0) is 96.3 Å². The highest BCUT2D eigenvalue weighted by molar-refractivity contribution is 5.70. The Bertz CT molecular complexity index is 1390. The summed E-state index contributed by atoms with van der Waals surface area (Å²) in [6, 6.07) is 0. The van der Waals surface area contributed by atoms with E-state index in [1.54, 1.807) is 0 Å². The summed E-state index contributed by atoms with van der Waals surface area (Å²) >= 11 is 0. The zero-order valence-corrected chi connectivity index (χ0v) is 44.3. The second-order valence-corrected chi connectivity index (χ2v) is 18.1. The largest absolute Gasteiger partial charge is 0.463 e. The molecule has 0 saturated carbocycles. The van der Waals surface area contributed by atoms with Crippen LogP contribution in [0.5, 0.6) is 0 Å². The van der Waals surface area contributed by atoms with Gasteiger partial charge in [0.05, 0.1) is 0 Å². The van der Waals surface area contributed by atoms with Crippen molar-refractivity contribution in [3.63, 3.8) is 0 Å². The topological polar surface area (TPSA) is 61.8 Å². The maximum Gasteiger partial charge on any atom is 0.306 e. The standard InChI is InChI=1S/C63H104O5/c1-4-7-10-13-16-19-22-25-28-31-32-34-36-39-42-45-48-51-54-57-63(65)68-60-61(66-58-55-52-49-46-43-40-37-30-27-24-21-18-15-12-9-6-3)59-67-62(64)56-53-50-47-44-41-38-35-33-29-26-23-20-17-14-11-8-5-2/h7-8,10-11,16-17,19-20,25-26,28-29,32,34-35,38-39,42,48,51,61H,4-6,9,12-15,18,21-24,27,30-31,33,36-37,40-41,43-47,49-50,52-60H2,1-3H3/b10-7-,11-8-,19-16-,20-17-,28-25-,29-26-,34-32-,38-35-,42-39-,51-48-/t61-/m0/s1. The molecule has 0 unspecified atom stereocenters. The lowest BCUT2D eigenvalue weighted by Crippen LogP contribution is -2.29. The van der Waals surface area contributed by atoms with E-state index in [0.29, 0.717) is 25.9 Å². The quantitative estimate of drug-likeness (QED) is 0.0345. The van der Waals surface area contributed by atoms with Gasteiger partial charge in [-0.2, -0.15) is 0 Å². The van der Waals surface area contributed by atoms with Gasteiger partial charge in [0.1, 0.15) is 19.3 Å². The monoisotopic (exact) mass is 941 g/mol. The van der Waals surface area contributed by atoms with Crippen LogP contribution in [-0.2, 0) is 23.8 Å². The molecule has 5 heteroatoms. The summed E-state index contributed by atoms with van der Waals surface area (Å²) in [7, 11) is 0. The van der Waals surface area contributed by atoms with Crippen molar-refractivity contribution < 1.29 is 23.8 Å². The van der Waals surface area contributed by atoms with Gasteiger partial charge in [0.25, 0.3) is 0 Å². The number of hydrogen-bond acceptors (Lipinski definition) is 5. The van der Waals surface area contributed by atoms with E-state index in [0.717, 1.165) is 109 Å². The van der Waals surface area contributed by atoms with Crippen molar-refractivity contribution in [2.75, 3.05) is 19.8 Å².